The van der Waals surface area contributed by atoms with Crippen molar-refractivity contribution in [3.63, 3.8) is 0 Å². The van der Waals surface area contributed by atoms with Crippen LogP contribution in [0.25, 0.3) is 0 Å². The molecule has 27 heavy (non-hydrogen) atoms. The molecular formula is C19H29N3O4S. The van der Waals surface area contributed by atoms with Gasteiger partial charge in [-0.15, -0.1) is 0 Å². The summed E-state index contributed by atoms with van der Waals surface area (Å²) < 4.78 is 28.4. The Morgan fingerprint density at radius 3 is 2.67 bits per heavy atom. The van der Waals surface area contributed by atoms with Crippen molar-refractivity contribution in [3.05, 3.63) is 23.8 Å². The van der Waals surface area contributed by atoms with Gasteiger partial charge < -0.3 is 10.1 Å². The quantitative estimate of drug-likeness (QED) is 0.732. The maximum Gasteiger partial charge on any atom is 0.255 e. The zero-order valence-electron chi connectivity index (χ0n) is 15.8. The number of hydrogen-bond donors (Lipinski definition) is 2. The molecule has 0 radical (unpaired) electrons. The highest BCUT2D eigenvalue weighted by Crippen LogP contribution is 2.28. The van der Waals surface area contributed by atoms with Gasteiger partial charge >= 0.3 is 0 Å². The smallest absolute Gasteiger partial charge is 0.255 e. The molecule has 8 heteroatoms. The summed E-state index contributed by atoms with van der Waals surface area (Å²) in [7, 11) is -2.43. The van der Waals surface area contributed by atoms with Crippen molar-refractivity contribution >= 4 is 15.9 Å². The number of rotatable bonds is 7. The average Bonchev–Trinajstić information content (AvgIpc) is 3.30. The minimum absolute atomic E-state index is 0.0998. The van der Waals surface area contributed by atoms with Gasteiger partial charge in [-0.3, -0.25) is 9.69 Å². The lowest BCUT2D eigenvalue weighted by Gasteiger charge is -2.27. The number of benzene rings is 1. The van der Waals surface area contributed by atoms with Gasteiger partial charge in [0.15, 0.2) is 0 Å². The Bertz CT molecular complexity index is 775. The van der Waals surface area contributed by atoms with E-state index in [1.54, 1.807) is 0 Å². The monoisotopic (exact) mass is 395 g/mol. The standard InChI is InChI=1S/C19H29N3O4S/c1-26-18-9-8-16(27(20,24)25)11-17(18)19(23)21-12-15-7-4-10-22(15)13-14-5-2-3-6-14/h8-9,11,14-15H,2-7,10,12-13H2,1H3,(H,21,23)(H2,20,24,25)/t15-/m0/s1. The third kappa shape index (κ3) is 5.00. The summed E-state index contributed by atoms with van der Waals surface area (Å²) in [5.41, 5.74) is 0.185. The van der Waals surface area contributed by atoms with Crippen LogP contribution in [0.15, 0.2) is 23.1 Å². The van der Waals surface area contributed by atoms with E-state index in [1.165, 1.54) is 51.0 Å². The number of amides is 1. The molecular weight excluding hydrogens is 366 g/mol. The van der Waals surface area contributed by atoms with Crippen LogP contribution in [0.4, 0.5) is 0 Å². The van der Waals surface area contributed by atoms with Gasteiger partial charge in [0.25, 0.3) is 5.91 Å². The van der Waals surface area contributed by atoms with Crippen molar-refractivity contribution in [2.24, 2.45) is 11.1 Å². The molecule has 7 nitrogen and oxygen atoms in total. The number of hydrogen-bond acceptors (Lipinski definition) is 5. The predicted octanol–water partition coefficient (Wildman–Crippen LogP) is 1.73. The van der Waals surface area contributed by atoms with Gasteiger partial charge in [-0.25, -0.2) is 13.6 Å². The third-order valence-corrected chi connectivity index (χ3v) is 6.62. The molecule has 2 aliphatic rings. The molecule has 2 fully saturated rings. The van der Waals surface area contributed by atoms with Crippen LogP contribution in [0.2, 0.25) is 0 Å². The minimum Gasteiger partial charge on any atom is -0.496 e. The van der Waals surface area contributed by atoms with Crippen molar-refractivity contribution < 1.29 is 17.9 Å². The van der Waals surface area contributed by atoms with Gasteiger partial charge in [-0.1, -0.05) is 12.8 Å². The molecule has 0 aromatic heterocycles. The number of sulfonamides is 1. The zero-order chi connectivity index (χ0) is 19.4. The summed E-state index contributed by atoms with van der Waals surface area (Å²) in [5, 5.41) is 8.13. The van der Waals surface area contributed by atoms with Crippen molar-refractivity contribution in [3.8, 4) is 5.75 Å². The molecule has 0 unspecified atom stereocenters. The summed E-state index contributed by atoms with van der Waals surface area (Å²) in [4.78, 5) is 15.1. The Morgan fingerprint density at radius 1 is 1.26 bits per heavy atom. The van der Waals surface area contributed by atoms with E-state index < -0.39 is 10.0 Å². The van der Waals surface area contributed by atoms with Gasteiger partial charge in [-0.2, -0.15) is 0 Å². The van der Waals surface area contributed by atoms with E-state index in [-0.39, 0.29) is 16.4 Å². The van der Waals surface area contributed by atoms with Crippen LogP contribution in [0, 0.1) is 5.92 Å². The lowest BCUT2D eigenvalue weighted by molar-refractivity contribution is 0.0935. The Kier molecular flexibility index (Phi) is 6.39. The molecule has 1 amide bonds. The average molecular weight is 396 g/mol. The summed E-state index contributed by atoms with van der Waals surface area (Å²) in [6, 6.07) is 4.40. The highest BCUT2D eigenvalue weighted by molar-refractivity contribution is 7.89. The lowest BCUT2D eigenvalue weighted by Crippen LogP contribution is -2.42. The number of likely N-dealkylation sites (tertiary alicyclic amines) is 1. The van der Waals surface area contributed by atoms with E-state index in [0.717, 1.165) is 31.8 Å². The van der Waals surface area contributed by atoms with Gasteiger partial charge in [0.1, 0.15) is 5.75 Å². The lowest BCUT2D eigenvalue weighted by atomic mass is 10.1. The molecule has 1 aromatic carbocycles. The molecule has 0 spiro atoms. The first kappa shape index (κ1) is 20.1. The number of ether oxygens (including phenoxy) is 1. The molecule has 1 saturated carbocycles. The number of methoxy groups -OCH3 is 1. The maximum atomic E-state index is 12.7. The Hall–Kier alpha value is -1.64. The van der Waals surface area contributed by atoms with Crippen LogP contribution in [-0.4, -0.2) is 52.0 Å². The Labute approximate surface area is 161 Å². The summed E-state index contributed by atoms with van der Waals surface area (Å²) in [6.45, 7) is 2.75. The van der Waals surface area contributed by atoms with E-state index in [9.17, 15) is 13.2 Å². The second-order valence-corrected chi connectivity index (χ2v) is 9.12. The first-order valence-electron chi connectivity index (χ1n) is 9.61. The van der Waals surface area contributed by atoms with Gasteiger partial charge in [0.2, 0.25) is 10.0 Å². The molecule has 150 valence electrons. The van der Waals surface area contributed by atoms with Crippen molar-refractivity contribution in [2.45, 2.75) is 49.5 Å². The number of nitrogens with one attached hydrogen (secondary N) is 1. The molecule has 3 rings (SSSR count). The second-order valence-electron chi connectivity index (χ2n) is 7.56. The number of primary sulfonamides is 1. The molecule has 1 heterocycles. The highest BCUT2D eigenvalue weighted by Gasteiger charge is 2.28. The molecule has 1 atom stereocenters. The van der Waals surface area contributed by atoms with E-state index in [1.807, 2.05) is 0 Å². The topological polar surface area (TPSA) is 102 Å². The van der Waals surface area contributed by atoms with Crippen molar-refractivity contribution in [1.29, 1.82) is 0 Å². The summed E-state index contributed by atoms with van der Waals surface area (Å²) in [5.74, 6) is 0.770. The van der Waals surface area contributed by atoms with Crippen LogP contribution in [-0.2, 0) is 10.0 Å². The summed E-state index contributed by atoms with van der Waals surface area (Å²) in [6.07, 6.45) is 7.51. The van der Waals surface area contributed by atoms with Gasteiger partial charge in [-0.05, 0) is 56.3 Å². The number of nitrogens with two attached hydrogens (primary N) is 1. The van der Waals surface area contributed by atoms with Crippen LogP contribution in [0.5, 0.6) is 5.75 Å². The predicted molar refractivity (Wildman–Crippen MR) is 103 cm³/mol. The van der Waals surface area contributed by atoms with E-state index in [0.29, 0.717) is 18.3 Å². The SMILES string of the molecule is COc1ccc(S(N)(=O)=O)cc1C(=O)NC[C@@H]1CCCN1CC1CCCC1. The molecule has 0 bridgehead atoms. The third-order valence-electron chi connectivity index (χ3n) is 5.71. The molecule has 1 aliphatic carbocycles. The second kappa shape index (κ2) is 8.58. The molecule has 1 saturated heterocycles. The Balaban J connectivity index is 1.64. The number of carbonyl (C=O) groups excluding carboxylic acids is 1. The van der Waals surface area contributed by atoms with Crippen molar-refractivity contribution in [1.82, 2.24) is 10.2 Å². The van der Waals surface area contributed by atoms with E-state index >= 15 is 0 Å². The van der Waals surface area contributed by atoms with E-state index in [4.69, 9.17) is 9.88 Å². The fourth-order valence-corrected chi connectivity index (χ4v) is 4.78. The first-order chi connectivity index (χ1) is 12.9. The van der Waals surface area contributed by atoms with Crippen LogP contribution < -0.4 is 15.2 Å². The number of carbonyl (C=O) groups is 1. The fourth-order valence-electron chi connectivity index (χ4n) is 4.24. The Morgan fingerprint density at radius 2 is 2.00 bits per heavy atom. The molecule has 1 aromatic rings. The normalized spacial score (nSPS) is 21.5. The fraction of sp³-hybridized carbons (Fsp3) is 0.632. The highest BCUT2D eigenvalue weighted by atomic mass is 32.2. The van der Waals surface area contributed by atoms with Gasteiger partial charge in [0, 0.05) is 19.1 Å². The maximum absolute atomic E-state index is 12.7. The summed E-state index contributed by atoms with van der Waals surface area (Å²) >= 11 is 0. The first-order valence-corrected chi connectivity index (χ1v) is 11.2. The minimum atomic E-state index is -3.88. The zero-order valence-corrected chi connectivity index (χ0v) is 16.6. The van der Waals surface area contributed by atoms with Crippen LogP contribution in [0.1, 0.15) is 48.9 Å². The van der Waals surface area contributed by atoms with Crippen molar-refractivity contribution in [2.75, 3.05) is 26.7 Å². The van der Waals surface area contributed by atoms with Gasteiger partial charge in [0.05, 0.1) is 17.6 Å². The van der Waals surface area contributed by atoms with E-state index in [2.05, 4.69) is 10.2 Å². The van der Waals surface area contributed by atoms with Crippen LogP contribution >= 0.6 is 0 Å². The van der Waals surface area contributed by atoms with Crippen LogP contribution in [0.3, 0.4) is 0 Å². The number of nitrogens with zero attached hydrogens (tertiary/aromatic N) is 1. The molecule has 1 aliphatic heterocycles. The molecule has 3 N–H and O–H groups in total. The largest absolute Gasteiger partial charge is 0.496 e.